The molecule has 1 aliphatic heterocycles. The minimum atomic E-state index is -1.42. The van der Waals surface area contributed by atoms with E-state index in [0.717, 1.165) is 12.0 Å². The molecule has 0 saturated heterocycles. The standard InChI is InChI=1S/C28H45NO8/c1-8-16-29(7)27(33)35-18-19(2)10-9-11-20(3)26-21(4)12-13-24(36-22(5)30)28(6,34)15-14-23(31)17-25(32)37-26/h9-13,19,21,23-24,26,31,34H,8,14-18H2,1-7H3/b10-9+,13-12+,20-11+/t19-,21-,23-,24+,26+,28-/m0/s1. The van der Waals surface area contributed by atoms with Crippen molar-refractivity contribution in [3.05, 3.63) is 36.0 Å². The Hall–Kier alpha value is -2.65. The number of nitrogens with zero attached hydrogens (tertiary/aromatic N) is 1. The van der Waals surface area contributed by atoms with Crippen LogP contribution in [0.2, 0.25) is 0 Å². The third-order valence-corrected chi connectivity index (χ3v) is 6.21. The Balaban J connectivity index is 3.03. The number of esters is 2. The van der Waals surface area contributed by atoms with Gasteiger partial charge in [0.1, 0.15) is 17.8 Å². The molecule has 9 heteroatoms. The first-order valence-electron chi connectivity index (χ1n) is 12.9. The molecule has 6 atom stereocenters. The first-order valence-corrected chi connectivity index (χ1v) is 12.9. The normalized spacial score (nSPS) is 29.4. The molecule has 2 N–H and O–H groups in total. The molecule has 0 radical (unpaired) electrons. The molecule has 0 fully saturated rings. The summed E-state index contributed by atoms with van der Waals surface area (Å²) in [5.74, 6) is -1.41. The quantitative estimate of drug-likeness (QED) is 0.212. The molecule has 0 aliphatic carbocycles. The van der Waals surface area contributed by atoms with Crippen molar-refractivity contribution in [2.75, 3.05) is 20.2 Å². The van der Waals surface area contributed by atoms with Crippen molar-refractivity contribution in [2.24, 2.45) is 11.8 Å². The summed E-state index contributed by atoms with van der Waals surface area (Å²) in [6, 6.07) is 0. The molecule has 0 spiro atoms. The summed E-state index contributed by atoms with van der Waals surface area (Å²) in [6.07, 6.45) is 6.91. The van der Waals surface area contributed by atoms with E-state index < -0.39 is 35.9 Å². The molecular weight excluding hydrogens is 478 g/mol. The topological polar surface area (TPSA) is 123 Å². The van der Waals surface area contributed by atoms with Gasteiger partial charge in [-0.1, -0.05) is 45.1 Å². The summed E-state index contributed by atoms with van der Waals surface area (Å²) >= 11 is 0. The number of carbonyl (C=O) groups excluding carboxylic acids is 3. The highest BCUT2D eigenvalue weighted by atomic mass is 16.6. The third-order valence-electron chi connectivity index (χ3n) is 6.21. The fourth-order valence-corrected chi connectivity index (χ4v) is 3.92. The Morgan fingerprint density at radius 1 is 1.32 bits per heavy atom. The van der Waals surface area contributed by atoms with E-state index in [1.165, 1.54) is 11.8 Å². The number of aliphatic hydroxyl groups excluding tert-OH is 1. The van der Waals surface area contributed by atoms with Gasteiger partial charge >= 0.3 is 18.0 Å². The Labute approximate surface area is 221 Å². The van der Waals surface area contributed by atoms with Gasteiger partial charge in [-0.2, -0.15) is 0 Å². The lowest BCUT2D eigenvalue weighted by Crippen LogP contribution is -2.42. The number of hydrogen-bond donors (Lipinski definition) is 2. The maximum Gasteiger partial charge on any atom is 0.409 e. The van der Waals surface area contributed by atoms with Crippen LogP contribution in [-0.2, 0) is 23.8 Å². The molecule has 0 aromatic rings. The van der Waals surface area contributed by atoms with Crippen molar-refractivity contribution in [1.29, 1.82) is 0 Å². The van der Waals surface area contributed by atoms with Crippen LogP contribution >= 0.6 is 0 Å². The molecule has 1 rings (SSSR count). The van der Waals surface area contributed by atoms with Gasteiger partial charge in [-0.05, 0) is 44.8 Å². The van der Waals surface area contributed by atoms with Gasteiger partial charge in [-0.3, -0.25) is 9.59 Å². The third kappa shape index (κ3) is 12.0. The average Bonchev–Trinajstić information content (AvgIpc) is 2.81. The Bertz CT molecular complexity index is 847. The lowest BCUT2D eigenvalue weighted by Gasteiger charge is -2.32. The van der Waals surface area contributed by atoms with Crippen LogP contribution in [0, 0.1) is 11.8 Å². The van der Waals surface area contributed by atoms with E-state index in [4.69, 9.17) is 14.2 Å². The minimum Gasteiger partial charge on any atom is -0.457 e. The number of ether oxygens (including phenoxy) is 3. The number of aliphatic hydroxyl groups is 2. The highest BCUT2D eigenvalue weighted by Gasteiger charge is 2.35. The van der Waals surface area contributed by atoms with E-state index >= 15 is 0 Å². The molecule has 1 amide bonds. The largest absolute Gasteiger partial charge is 0.457 e. The molecular formula is C28H45NO8. The average molecular weight is 524 g/mol. The van der Waals surface area contributed by atoms with Crippen LogP contribution in [-0.4, -0.2) is 77.3 Å². The summed E-state index contributed by atoms with van der Waals surface area (Å²) in [5.41, 5.74) is -0.656. The highest BCUT2D eigenvalue weighted by molar-refractivity contribution is 5.70. The molecule has 1 aliphatic rings. The number of allylic oxidation sites excluding steroid dienone is 2. The predicted octanol–water partition coefficient (Wildman–Crippen LogP) is 3.94. The van der Waals surface area contributed by atoms with Crippen molar-refractivity contribution in [3.63, 3.8) is 0 Å². The van der Waals surface area contributed by atoms with Crippen LogP contribution in [0.1, 0.15) is 67.2 Å². The van der Waals surface area contributed by atoms with Crippen LogP contribution in [0.5, 0.6) is 0 Å². The zero-order valence-electron chi connectivity index (χ0n) is 23.3. The van der Waals surface area contributed by atoms with E-state index in [0.29, 0.717) is 6.54 Å². The highest BCUT2D eigenvalue weighted by Crippen LogP contribution is 2.27. The number of amides is 1. The fourth-order valence-electron chi connectivity index (χ4n) is 3.92. The summed E-state index contributed by atoms with van der Waals surface area (Å²) in [4.78, 5) is 37.6. The number of cyclic esters (lactones) is 1. The second kappa shape index (κ2) is 15.6. The van der Waals surface area contributed by atoms with Gasteiger partial charge in [-0.15, -0.1) is 0 Å². The van der Waals surface area contributed by atoms with Crippen molar-refractivity contribution in [1.82, 2.24) is 4.90 Å². The molecule has 37 heavy (non-hydrogen) atoms. The lowest BCUT2D eigenvalue weighted by atomic mass is 9.88. The Morgan fingerprint density at radius 3 is 2.62 bits per heavy atom. The van der Waals surface area contributed by atoms with Crippen molar-refractivity contribution in [3.8, 4) is 0 Å². The molecule has 0 bridgehead atoms. The molecule has 210 valence electrons. The maximum absolute atomic E-state index is 12.5. The van der Waals surface area contributed by atoms with Crippen LogP contribution in [0.15, 0.2) is 36.0 Å². The van der Waals surface area contributed by atoms with Crippen molar-refractivity contribution in [2.45, 2.75) is 91.1 Å². The molecule has 0 unspecified atom stereocenters. The van der Waals surface area contributed by atoms with E-state index in [-0.39, 0.29) is 43.8 Å². The minimum absolute atomic E-state index is 0.0268. The van der Waals surface area contributed by atoms with Crippen LogP contribution in [0.3, 0.4) is 0 Å². The Morgan fingerprint density at radius 2 is 2.00 bits per heavy atom. The van der Waals surface area contributed by atoms with Gasteiger partial charge in [-0.25, -0.2) is 4.79 Å². The summed E-state index contributed by atoms with van der Waals surface area (Å²) < 4.78 is 16.4. The van der Waals surface area contributed by atoms with Gasteiger partial charge in [0.05, 0.1) is 19.1 Å². The SMILES string of the molecule is CCCN(C)C(=O)OC[C@@H](C)/C=C/C=C(\C)[C@H]1OC(=O)C[C@@H](O)CC[C@](C)(O)[C@H](OC(C)=O)/C=C/[C@@H]1C. The van der Waals surface area contributed by atoms with E-state index in [9.17, 15) is 24.6 Å². The fraction of sp³-hybridized carbons (Fsp3) is 0.679. The number of rotatable bonds is 8. The summed E-state index contributed by atoms with van der Waals surface area (Å²) in [7, 11) is 1.70. The van der Waals surface area contributed by atoms with E-state index in [2.05, 4.69) is 0 Å². The van der Waals surface area contributed by atoms with Gasteiger partial charge in [0.2, 0.25) is 0 Å². The predicted molar refractivity (Wildman–Crippen MR) is 141 cm³/mol. The van der Waals surface area contributed by atoms with E-state index in [1.807, 2.05) is 45.9 Å². The van der Waals surface area contributed by atoms with Crippen molar-refractivity contribution < 1.29 is 38.8 Å². The maximum atomic E-state index is 12.5. The molecule has 0 aromatic carbocycles. The number of carbonyl (C=O) groups is 3. The second-order valence-electron chi connectivity index (χ2n) is 10.2. The first-order chi connectivity index (χ1) is 17.3. The lowest BCUT2D eigenvalue weighted by molar-refractivity contribution is -0.157. The molecule has 0 saturated carbocycles. The zero-order chi connectivity index (χ0) is 28.2. The Kier molecular flexibility index (Phi) is 13.6. The van der Waals surface area contributed by atoms with Gasteiger partial charge in [0, 0.05) is 32.4 Å². The summed E-state index contributed by atoms with van der Waals surface area (Å²) in [6.45, 7) is 11.3. The molecule has 1 heterocycles. The van der Waals surface area contributed by atoms with Gasteiger partial charge in [0.25, 0.3) is 0 Å². The van der Waals surface area contributed by atoms with Gasteiger partial charge < -0.3 is 29.3 Å². The number of hydrogen-bond acceptors (Lipinski definition) is 8. The molecule has 9 nitrogen and oxygen atoms in total. The van der Waals surface area contributed by atoms with Crippen molar-refractivity contribution >= 4 is 18.0 Å². The second-order valence-corrected chi connectivity index (χ2v) is 10.2. The monoisotopic (exact) mass is 523 g/mol. The van der Waals surface area contributed by atoms with Crippen LogP contribution < -0.4 is 0 Å². The van der Waals surface area contributed by atoms with Gasteiger partial charge in [0.15, 0.2) is 0 Å². The van der Waals surface area contributed by atoms with E-state index in [1.54, 1.807) is 26.1 Å². The molecule has 0 aromatic heterocycles. The summed E-state index contributed by atoms with van der Waals surface area (Å²) in [5, 5.41) is 21.2. The van der Waals surface area contributed by atoms with Crippen LogP contribution in [0.25, 0.3) is 0 Å². The zero-order valence-corrected chi connectivity index (χ0v) is 23.3. The van der Waals surface area contributed by atoms with Crippen LogP contribution in [0.4, 0.5) is 4.79 Å². The first kappa shape index (κ1) is 32.4. The smallest absolute Gasteiger partial charge is 0.409 e.